The molecule has 0 aliphatic heterocycles. The average molecular weight is 251 g/mol. The van der Waals surface area contributed by atoms with Crippen LogP contribution in [0.5, 0.6) is 0 Å². The van der Waals surface area contributed by atoms with Gasteiger partial charge in [0.05, 0.1) is 0 Å². The molecule has 2 aromatic rings. The fourth-order valence-electron chi connectivity index (χ4n) is 1.21. The molecule has 0 fully saturated rings. The maximum atomic E-state index is 8.51. The van der Waals surface area contributed by atoms with Crippen molar-refractivity contribution >= 4 is 27.9 Å². The first kappa shape index (κ1) is 13.0. The van der Waals surface area contributed by atoms with Crippen LogP contribution in [0.25, 0.3) is 0 Å². The van der Waals surface area contributed by atoms with E-state index in [1.165, 1.54) is 10.6 Å². The zero-order valence-corrected chi connectivity index (χ0v) is 10.6. The van der Waals surface area contributed by atoms with Crippen molar-refractivity contribution < 1.29 is 9.46 Å². The van der Waals surface area contributed by atoms with Gasteiger partial charge in [0.1, 0.15) is 0 Å². The van der Waals surface area contributed by atoms with E-state index in [9.17, 15) is 0 Å². The molecule has 1 unspecified atom stereocenters. The third-order valence-corrected chi connectivity index (χ3v) is 3.08. The van der Waals surface area contributed by atoms with Crippen LogP contribution in [-0.4, -0.2) is 4.89 Å². The van der Waals surface area contributed by atoms with E-state index in [-0.39, 0.29) is 0 Å². The predicted octanol–water partition coefficient (Wildman–Crippen LogP) is 2.23. The van der Waals surface area contributed by atoms with E-state index in [2.05, 4.69) is 60.7 Å². The van der Waals surface area contributed by atoms with E-state index in [0.29, 0.717) is 0 Å². The summed E-state index contributed by atoms with van der Waals surface area (Å²) in [6.45, 7) is 0. The fourth-order valence-corrected chi connectivity index (χ4v) is 2.26. The van der Waals surface area contributed by atoms with Gasteiger partial charge in [0.15, 0.2) is 0 Å². The van der Waals surface area contributed by atoms with Gasteiger partial charge in [-0.05, 0) is 15.2 Å². The Morgan fingerprint density at radius 1 is 0.812 bits per heavy atom. The standard InChI is InChI=1S/C12H11P.HO2P/c1-3-7-11(8-4-1)13-12-9-5-2-6-10-12;1-3-2/h1-10,13H;3H/p+1. The van der Waals surface area contributed by atoms with Crippen LogP contribution in [0.1, 0.15) is 0 Å². The van der Waals surface area contributed by atoms with Crippen molar-refractivity contribution in [1.82, 2.24) is 0 Å². The van der Waals surface area contributed by atoms with E-state index in [1.54, 1.807) is 0 Å². The Morgan fingerprint density at radius 3 is 1.44 bits per heavy atom. The SMILES string of the molecule is O=[PH+]O.c1ccc(Pc2ccccc2)cc1. The monoisotopic (exact) mass is 251 g/mol. The van der Waals surface area contributed by atoms with Crippen LogP contribution < -0.4 is 10.6 Å². The summed E-state index contributed by atoms with van der Waals surface area (Å²) in [4.78, 5) is 7.04. The Balaban J connectivity index is 0.000000386. The second-order valence-corrected chi connectivity index (χ2v) is 4.54. The molecule has 0 radical (unpaired) electrons. The van der Waals surface area contributed by atoms with Gasteiger partial charge < -0.3 is 0 Å². The fraction of sp³-hybridized carbons (Fsp3) is 0. The molecule has 0 amide bonds. The molecule has 0 saturated heterocycles. The van der Waals surface area contributed by atoms with Gasteiger partial charge in [0, 0.05) is 0 Å². The first-order valence-corrected chi connectivity index (χ1v) is 6.60. The van der Waals surface area contributed by atoms with E-state index < -0.39 is 8.69 Å². The molecule has 2 aromatic carbocycles. The largest absolute Gasteiger partial charge is 0.491 e. The summed E-state index contributed by atoms with van der Waals surface area (Å²) in [7, 11) is -0.390. The Hall–Kier alpha value is -1.07. The van der Waals surface area contributed by atoms with Gasteiger partial charge in [-0.1, -0.05) is 69.2 Å². The summed E-state index contributed by atoms with van der Waals surface area (Å²) in [5.74, 6) is 0. The smallest absolute Gasteiger partial charge is 0.162 e. The van der Waals surface area contributed by atoms with Gasteiger partial charge in [-0.2, -0.15) is 4.89 Å². The molecule has 2 rings (SSSR count). The summed E-state index contributed by atoms with van der Waals surface area (Å²) in [6.07, 6.45) is 0. The zero-order chi connectivity index (χ0) is 11.6. The number of hydrogen-bond donors (Lipinski definition) is 1. The molecule has 2 nitrogen and oxygen atoms in total. The van der Waals surface area contributed by atoms with Crippen molar-refractivity contribution in [3.05, 3.63) is 60.7 Å². The minimum atomic E-state index is -1.17. The Kier molecular flexibility index (Phi) is 6.60. The van der Waals surface area contributed by atoms with Crippen molar-refractivity contribution in [1.29, 1.82) is 0 Å². The van der Waals surface area contributed by atoms with E-state index >= 15 is 0 Å². The summed E-state index contributed by atoms with van der Waals surface area (Å²) in [6, 6.07) is 21.2. The Morgan fingerprint density at radius 2 is 1.12 bits per heavy atom. The molecule has 0 aromatic heterocycles. The van der Waals surface area contributed by atoms with Crippen LogP contribution in [-0.2, 0) is 4.57 Å². The maximum Gasteiger partial charge on any atom is 0.491 e. The van der Waals surface area contributed by atoms with Crippen LogP contribution in [0.4, 0.5) is 0 Å². The van der Waals surface area contributed by atoms with Crippen molar-refractivity contribution in [2.75, 3.05) is 0 Å². The lowest BCUT2D eigenvalue weighted by Crippen LogP contribution is -2.01. The molecule has 0 heterocycles. The lowest BCUT2D eigenvalue weighted by Gasteiger charge is -2.00. The van der Waals surface area contributed by atoms with E-state index in [0.717, 1.165) is 8.58 Å². The van der Waals surface area contributed by atoms with Crippen LogP contribution in [0, 0.1) is 0 Å². The molecule has 82 valence electrons. The molecular formula is C12H13O2P2+. The molecule has 0 saturated carbocycles. The van der Waals surface area contributed by atoms with E-state index in [4.69, 9.17) is 9.46 Å². The second-order valence-electron chi connectivity index (χ2n) is 2.95. The highest BCUT2D eigenvalue weighted by molar-refractivity contribution is 7.55. The quantitative estimate of drug-likeness (QED) is 0.831. The lowest BCUT2D eigenvalue weighted by molar-refractivity contribution is 0.524. The van der Waals surface area contributed by atoms with Crippen molar-refractivity contribution in [2.45, 2.75) is 0 Å². The maximum absolute atomic E-state index is 8.51. The first-order valence-electron chi connectivity index (χ1n) is 4.75. The third-order valence-electron chi connectivity index (χ3n) is 1.84. The van der Waals surface area contributed by atoms with Gasteiger partial charge >= 0.3 is 8.69 Å². The molecule has 1 N–H and O–H groups in total. The Bertz CT molecular complexity index is 366. The van der Waals surface area contributed by atoms with Gasteiger partial charge in [-0.3, -0.25) is 0 Å². The first-order chi connectivity index (χ1) is 7.86. The molecule has 1 atom stereocenters. The van der Waals surface area contributed by atoms with Crippen molar-refractivity contribution in [3.63, 3.8) is 0 Å². The topological polar surface area (TPSA) is 37.3 Å². The van der Waals surface area contributed by atoms with Gasteiger partial charge in [0.25, 0.3) is 0 Å². The second kappa shape index (κ2) is 8.13. The highest BCUT2D eigenvalue weighted by atomic mass is 31.1. The number of hydrogen-bond acceptors (Lipinski definition) is 1. The van der Waals surface area contributed by atoms with E-state index in [1.807, 2.05) is 0 Å². The predicted molar refractivity (Wildman–Crippen MR) is 71.7 cm³/mol. The number of benzene rings is 2. The van der Waals surface area contributed by atoms with Gasteiger partial charge in [-0.15, -0.1) is 0 Å². The van der Waals surface area contributed by atoms with Crippen LogP contribution in [0.15, 0.2) is 60.7 Å². The molecule has 0 spiro atoms. The Labute approximate surface area is 98.4 Å². The number of rotatable bonds is 2. The van der Waals surface area contributed by atoms with Crippen molar-refractivity contribution in [3.8, 4) is 0 Å². The van der Waals surface area contributed by atoms with Crippen LogP contribution >= 0.6 is 17.3 Å². The van der Waals surface area contributed by atoms with Crippen LogP contribution in [0.3, 0.4) is 0 Å². The highest BCUT2D eigenvalue weighted by Crippen LogP contribution is 2.08. The normalized spacial score (nSPS) is 9.31. The third kappa shape index (κ3) is 5.14. The molecule has 4 heteroatoms. The molecule has 0 bridgehead atoms. The highest BCUT2D eigenvalue weighted by Gasteiger charge is 1.92. The van der Waals surface area contributed by atoms with Crippen molar-refractivity contribution in [2.24, 2.45) is 0 Å². The van der Waals surface area contributed by atoms with Crippen LogP contribution in [0.2, 0.25) is 0 Å². The van der Waals surface area contributed by atoms with Gasteiger partial charge in [-0.25, -0.2) is 0 Å². The summed E-state index contributed by atoms with van der Waals surface area (Å²) in [5, 5.41) is 2.79. The lowest BCUT2D eigenvalue weighted by atomic mass is 10.4. The summed E-state index contributed by atoms with van der Waals surface area (Å²) in [5.41, 5.74) is 0. The zero-order valence-electron chi connectivity index (χ0n) is 8.63. The van der Waals surface area contributed by atoms with Gasteiger partial charge in [0.2, 0.25) is 0 Å². The average Bonchev–Trinajstić information content (AvgIpc) is 2.33. The molecular weight excluding hydrogens is 238 g/mol. The molecule has 16 heavy (non-hydrogen) atoms. The minimum absolute atomic E-state index is 0.777. The minimum Gasteiger partial charge on any atom is -0.162 e. The summed E-state index contributed by atoms with van der Waals surface area (Å²) >= 11 is 0. The summed E-state index contributed by atoms with van der Waals surface area (Å²) < 4.78 is 8.51. The molecule has 0 aliphatic carbocycles. The molecule has 0 aliphatic rings.